The predicted octanol–water partition coefficient (Wildman–Crippen LogP) is 3.88. The highest BCUT2D eigenvalue weighted by Crippen LogP contribution is 2.15. The topological polar surface area (TPSA) is 8.81 Å². The van der Waals surface area contributed by atoms with Crippen LogP contribution in [0.3, 0.4) is 0 Å². The maximum atomic E-state index is 3.60. The van der Waals surface area contributed by atoms with Gasteiger partial charge in [0.15, 0.2) is 0 Å². The van der Waals surface area contributed by atoms with Gasteiger partial charge < -0.3 is 0 Å². The Morgan fingerprint density at radius 1 is 1.28 bits per heavy atom. The molecule has 0 saturated heterocycles. The van der Waals surface area contributed by atoms with E-state index in [1.807, 2.05) is 6.07 Å². The largest absolute Gasteiger partial charge is 0.253 e. The summed E-state index contributed by atoms with van der Waals surface area (Å²) in [6.45, 7) is 6.39. The lowest BCUT2D eigenvalue weighted by molar-refractivity contribution is -0.694. The van der Waals surface area contributed by atoms with E-state index in [2.05, 4.69) is 69.5 Å². The molecule has 1 aromatic carbocycles. The Labute approximate surface area is 128 Å². The number of hydrogen-bond donors (Lipinski definition) is 0. The quantitative estimate of drug-likeness (QED) is 0.718. The molecule has 0 spiro atoms. The Bertz CT molecular complexity index is 506. The first-order chi connectivity index (χ1) is 8.22. The van der Waals surface area contributed by atoms with Gasteiger partial charge in [0.05, 0.1) is 6.54 Å². The Morgan fingerprint density at radius 2 is 2.00 bits per heavy atom. The van der Waals surface area contributed by atoms with E-state index >= 15 is 0 Å². The van der Waals surface area contributed by atoms with E-state index in [4.69, 9.17) is 0 Å². The fraction of sp³-hybridized carbons (Fsp3) is 0.357. The number of nitrogens with zero attached hydrogens (tertiary/aromatic N) is 2. The van der Waals surface area contributed by atoms with Crippen molar-refractivity contribution in [1.29, 1.82) is 0 Å². The highest BCUT2D eigenvalue weighted by molar-refractivity contribution is 9.10. The highest BCUT2D eigenvalue weighted by Gasteiger charge is 2.12. The van der Waals surface area contributed by atoms with Gasteiger partial charge in [-0.2, -0.15) is 0 Å². The number of imidazole rings is 1. The molecule has 0 N–H and O–H groups in total. The third kappa shape index (κ3) is 3.45. The summed E-state index contributed by atoms with van der Waals surface area (Å²) in [5, 5.41) is 0. The molecule has 0 aliphatic heterocycles. The zero-order chi connectivity index (χ0) is 12.3. The van der Waals surface area contributed by atoms with Crippen LogP contribution < -0.4 is 4.57 Å². The monoisotopic (exact) mass is 373 g/mol. The van der Waals surface area contributed by atoms with Crippen LogP contribution in [-0.2, 0) is 13.1 Å². The smallest absolute Gasteiger partial charge is 0.234 e. The van der Waals surface area contributed by atoms with Crippen molar-refractivity contribution in [2.45, 2.75) is 33.4 Å². The Balaban J connectivity index is 0.00000162. The average molecular weight is 375 g/mol. The van der Waals surface area contributed by atoms with Crippen LogP contribution in [0.5, 0.6) is 0 Å². The van der Waals surface area contributed by atoms with Gasteiger partial charge in [-0.3, -0.25) is 0 Å². The lowest BCUT2D eigenvalue weighted by Crippen LogP contribution is -2.36. The van der Waals surface area contributed by atoms with Crippen molar-refractivity contribution >= 4 is 32.9 Å². The van der Waals surface area contributed by atoms with Crippen LogP contribution in [0.15, 0.2) is 41.1 Å². The van der Waals surface area contributed by atoms with Crippen LogP contribution in [0.1, 0.15) is 24.7 Å². The van der Waals surface area contributed by atoms with Gasteiger partial charge in [-0.05, 0) is 12.5 Å². The molecule has 2 aromatic rings. The minimum absolute atomic E-state index is 0. The summed E-state index contributed by atoms with van der Waals surface area (Å²) in [7, 11) is 0. The summed E-state index contributed by atoms with van der Waals surface area (Å²) >= 11 is 3.60. The van der Waals surface area contributed by atoms with Crippen molar-refractivity contribution in [3.05, 3.63) is 52.5 Å². The number of benzene rings is 1. The molecule has 0 aliphatic rings. The van der Waals surface area contributed by atoms with E-state index in [1.54, 1.807) is 0 Å². The van der Waals surface area contributed by atoms with E-state index in [1.165, 1.54) is 22.3 Å². The second kappa shape index (κ2) is 7.10. The molecule has 0 atom stereocenters. The first-order valence-electron chi connectivity index (χ1n) is 6.01. The van der Waals surface area contributed by atoms with Crippen molar-refractivity contribution in [2.24, 2.45) is 0 Å². The van der Waals surface area contributed by atoms with Crippen molar-refractivity contribution in [3.8, 4) is 0 Å². The maximum Gasteiger partial charge on any atom is 0.253 e. The molecular weight excluding hydrogens is 356 g/mol. The van der Waals surface area contributed by atoms with Crippen LogP contribution in [0.2, 0.25) is 0 Å². The second-order valence-electron chi connectivity index (χ2n) is 4.26. The Kier molecular flexibility index (Phi) is 6.09. The van der Waals surface area contributed by atoms with E-state index in [0.717, 1.165) is 13.1 Å². The molecule has 98 valence electrons. The molecule has 0 fully saturated rings. The van der Waals surface area contributed by atoms with Crippen LogP contribution in [0, 0.1) is 6.92 Å². The summed E-state index contributed by atoms with van der Waals surface area (Å²) < 4.78 is 5.77. The molecule has 1 heterocycles. The number of rotatable bonds is 4. The van der Waals surface area contributed by atoms with E-state index in [0.29, 0.717) is 0 Å². The minimum Gasteiger partial charge on any atom is -0.234 e. The number of hydrogen-bond acceptors (Lipinski definition) is 0. The van der Waals surface area contributed by atoms with Crippen molar-refractivity contribution in [2.75, 3.05) is 0 Å². The van der Waals surface area contributed by atoms with E-state index < -0.39 is 0 Å². The van der Waals surface area contributed by atoms with Crippen molar-refractivity contribution in [1.82, 2.24) is 4.57 Å². The highest BCUT2D eigenvalue weighted by atomic mass is 79.9. The number of aryl methyl sites for hydroxylation is 1. The number of halogens is 2. The first-order valence-corrected chi connectivity index (χ1v) is 6.80. The van der Waals surface area contributed by atoms with Gasteiger partial charge in [-0.15, -0.1) is 17.0 Å². The van der Waals surface area contributed by atoms with Crippen molar-refractivity contribution < 1.29 is 4.57 Å². The molecule has 0 radical (unpaired) electrons. The molecule has 4 heteroatoms. The molecular formula is C14H19Br2N2+. The zero-order valence-corrected chi connectivity index (χ0v) is 14.1. The van der Waals surface area contributed by atoms with Gasteiger partial charge in [0.2, 0.25) is 0 Å². The number of aromatic nitrogens is 2. The minimum atomic E-state index is 0. The summed E-state index contributed by atoms with van der Waals surface area (Å²) in [5.74, 6) is 1.31. The molecule has 0 bridgehead atoms. The average Bonchev–Trinajstić information content (AvgIpc) is 2.65. The van der Waals surface area contributed by atoms with Crippen LogP contribution in [0.25, 0.3) is 0 Å². The van der Waals surface area contributed by atoms with E-state index in [-0.39, 0.29) is 17.0 Å². The molecule has 2 rings (SSSR count). The predicted molar refractivity (Wildman–Crippen MR) is 83.2 cm³/mol. The molecule has 0 saturated carbocycles. The van der Waals surface area contributed by atoms with Crippen molar-refractivity contribution in [3.63, 3.8) is 0 Å². The Morgan fingerprint density at radius 3 is 2.67 bits per heavy atom. The third-order valence-corrected chi connectivity index (χ3v) is 3.79. The normalized spacial score (nSPS) is 10.2. The standard InChI is InChI=1S/C14H18BrN2.BrH/c1-3-8-16-9-10-17(12(16)2)11-13-6-4-5-7-14(13)15;/h4-7,9-10H,3,8,11H2,1-2H3;1H/q+1;. The zero-order valence-electron chi connectivity index (χ0n) is 10.8. The second-order valence-corrected chi connectivity index (χ2v) is 5.11. The maximum absolute atomic E-state index is 3.60. The first kappa shape index (κ1) is 15.4. The lowest BCUT2D eigenvalue weighted by atomic mass is 10.2. The molecule has 18 heavy (non-hydrogen) atoms. The molecule has 0 unspecified atom stereocenters. The summed E-state index contributed by atoms with van der Waals surface area (Å²) in [4.78, 5) is 0. The van der Waals surface area contributed by atoms with Crippen LogP contribution >= 0.6 is 32.9 Å². The summed E-state index contributed by atoms with van der Waals surface area (Å²) in [5.41, 5.74) is 1.31. The Hall–Kier alpha value is -0.610. The molecule has 0 aliphatic carbocycles. The van der Waals surface area contributed by atoms with Crippen LogP contribution in [0.4, 0.5) is 0 Å². The molecule has 2 nitrogen and oxygen atoms in total. The lowest BCUT2D eigenvalue weighted by Gasteiger charge is -2.03. The van der Waals surface area contributed by atoms with Gasteiger partial charge in [0.25, 0.3) is 5.82 Å². The van der Waals surface area contributed by atoms with Gasteiger partial charge >= 0.3 is 0 Å². The fourth-order valence-electron chi connectivity index (χ4n) is 2.00. The fourth-order valence-corrected chi connectivity index (χ4v) is 2.41. The van der Waals surface area contributed by atoms with Gasteiger partial charge in [-0.1, -0.05) is 41.1 Å². The SMILES string of the molecule is Br.CCCn1cc[n+](Cc2ccccc2Br)c1C. The van der Waals surface area contributed by atoms with E-state index in [9.17, 15) is 0 Å². The third-order valence-electron chi connectivity index (χ3n) is 3.02. The molecule has 1 aromatic heterocycles. The van der Waals surface area contributed by atoms with Gasteiger partial charge in [-0.25, -0.2) is 9.13 Å². The molecule has 0 amide bonds. The van der Waals surface area contributed by atoms with Gasteiger partial charge in [0, 0.05) is 17.0 Å². The summed E-state index contributed by atoms with van der Waals surface area (Å²) in [6.07, 6.45) is 5.49. The summed E-state index contributed by atoms with van der Waals surface area (Å²) in [6, 6.07) is 8.38. The van der Waals surface area contributed by atoms with Crippen LogP contribution in [-0.4, -0.2) is 4.57 Å². The van der Waals surface area contributed by atoms with Gasteiger partial charge in [0.1, 0.15) is 18.9 Å².